The van der Waals surface area contributed by atoms with Gasteiger partial charge in [0.2, 0.25) is 0 Å². The first kappa shape index (κ1) is 67.4. The molecule has 0 aliphatic carbocycles. The minimum Gasteiger partial charge on any atom is -0.311 e. The number of para-hydroxylation sites is 6. The van der Waals surface area contributed by atoms with Crippen molar-refractivity contribution >= 4 is 138 Å². The van der Waals surface area contributed by atoms with Crippen molar-refractivity contribution in [3.63, 3.8) is 0 Å². The Morgan fingerprint density at radius 1 is 0.138 bits per heavy atom. The highest BCUT2D eigenvalue weighted by molar-refractivity contribution is 6.13. The highest BCUT2D eigenvalue weighted by Gasteiger charge is 2.23. The first-order chi connectivity index (χ1) is 57.5. The zero-order valence-corrected chi connectivity index (χ0v) is 63.4. The van der Waals surface area contributed by atoms with Crippen LogP contribution in [-0.2, 0) is 0 Å². The highest BCUT2D eigenvalue weighted by Crippen LogP contribution is 2.47. The van der Waals surface area contributed by atoms with E-state index in [-0.39, 0.29) is 0 Å². The van der Waals surface area contributed by atoms with Gasteiger partial charge in [0.25, 0.3) is 0 Å². The highest BCUT2D eigenvalue weighted by atomic mass is 15.2. The molecule has 544 valence electrons. The third-order valence-electron chi connectivity index (χ3n) is 23.4. The van der Waals surface area contributed by atoms with E-state index in [1.807, 2.05) is 0 Å². The van der Waals surface area contributed by atoms with Gasteiger partial charge in [-0.25, -0.2) is 0 Å². The van der Waals surface area contributed by atoms with Crippen molar-refractivity contribution in [2.45, 2.75) is 0 Å². The Bertz CT molecular complexity index is 7020. The molecule has 0 N–H and O–H groups in total. The van der Waals surface area contributed by atoms with Gasteiger partial charge in [0.05, 0.1) is 44.5 Å². The number of nitrogens with zero attached hydrogens (tertiary/aromatic N) is 6. The van der Waals surface area contributed by atoms with Crippen molar-refractivity contribution < 1.29 is 0 Å². The Labute approximate surface area is 672 Å². The SMILES string of the molecule is c1ccc(-n2c3ccccc3c3cc(-c4ccc(N(c5ccc(-c6ccc(N(c7ccc(-c8ccc(N(c9ccc(-c%10ccc%11c(c%10)c%10ccccc%10n%11-c%10ccccc%10)cc9)c9cccc%10ccccc9%10)cc8)cc7)c7ccc(-n8c9ccccc9c9ccccc98)cc7)cc6)cc5)c5cccc6ccccc56)cc4)ccc32)cc1. The average molecular weight is 1480 g/mol. The van der Waals surface area contributed by atoms with Crippen LogP contribution in [0.25, 0.3) is 149 Å². The van der Waals surface area contributed by atoms with E-state index < -0.39 is 0 Å². The quantitative estimate of drug-likeness (QED) is 0.0964. The summed E-state index contributed by atoms with van der Waals surface area (Å²) in [5, 5.41) is 12.2. The van der Waals surface area contributed by atoms with Crippen LogP contribution in [0.3, 0.4) is 0 Å². The molecule has 0 spiro atoms. The second-order valence-electron chi connectivity index (χ2n) is 30.0. The zero-order valence-electron chi connectivity index (χ0n) is 63.4. The number of aromatic nitrogens is 3. The zero-order chi connectivity index (χ0) is 76.6. The second-order valence-corrected chi connectivity index (χ2v) is 30.0. The summed E-state index contributed by atoms with van der Waals surface area (Å²) in [4.78, 5) is 7.18. The lowest BCUT2D eigenvalue weighted by Gasteiger charge is -2.27. The van der Waals surface area contributed by atoms with Gasteiger partial charge in [0.1, 0.15) is 0 Å². The van der Waals surface area contributed by atoms with Crippen molar-refractivity contribution in [3.05, 3.63) is 449 Å². The van der Waals surface area contributed by atoms with Gasteiger partial charge in [0.15, 0.2) is 0 Å². The van der Waals surface area contributed by atoms with E-state index in [2.05, 4.69) is 477 Å². The van der Waals surface area contributed by atoms with E-state index in [4.69, 9.17) is 0 Å². The maximum atomic E-state index is 2.40. The summed E-state index contributed by atoms with van der Waals surface area (Å²) in [6.45, 7) is 0. The Hall–Kier alpha value is -15.5. The summed E-state index contributed by atoms with van der Waals surface area (Å²) < 4.78 is 7.13. The van der Waals surface area contributed by atoms with E-state index in [9.17, 15) is 0 Å². The monoisotopic (exact) mass is 1480 g/mol. The lowest BCUT2D eigenvalue weighted by molar-refractivity contribution is 1.17. The third-order valence-corrected chi connectivity index (χ3v) is 23.4. The van der Waals surface area contributed by atoms with Crippen LogP contribution >= 0.6 is 0 Å². The molecule has 0 saturated heterocycles. The maximum Gasteiger partial charge on any atom is 0.0541 e. The molecule has 0 aliphatic rings. The molecule has 19 aromatic carbocycles. The van der Waals surface area contributed by atoms with Crippen LogP contribution < -0.4 is 14.7 Å². The normalized spacial score (nSPS) is 11.6. The van der Waals surface area contributed by atoms with Gasteiger partial charge < -0.3 is 28.4 Å². The van der Waals surface area contributed by atoms with E-state index in [0.29, 0.717) is 0 Å². The van der Waals surface area contributed by atoms with Crippen molar-refractivity contribution in [3.8, 4) is 61.6 Å². The molecule has 22 rings (SSSR count). The molecule has 22 aromatic rings. The summed E-state index contributed by atoms with van der Waals surface area (Å²) in [5.41, 5.74) is 29.4. The Kier molecular flexibility index (Phi) is 16.5. The van der Waals surface area contributed by atoms with Crippen molar-refractivity contribution in [1.29, 1.82) is 0 Å². The minimum absolute atomic E-state index is 1.05. The second kappa shape index (κ2) is 28.4. The first-order valence-corrected chi connectivity index (χ1v) is 39.8. The molecular formula is C110H74N6. The van der Waals surface area contributed by atoms with E-state index in [1.165, 1.54) is 98.1 Å². The molecule has 0 bridgehead atoms. The molecule has 0 saturated carbocycles. The summed E-state index contributed by atoms with van der Waals surface area (Å²) in [7, 11) is 0. The molecule has 0 atom stereocenters. The molecule has 3 aromatic heterocycles. The number of anilines is 9. The summed E-state index contributed by atoms with van der Waals surface area (Å²) in [5.74, 6) is 0. The molecule has 0 amide bonds. The Morgan fingerprint density at radius 3 is 0.690 bits per heavy atom. The fraction of sp³-hybridized carbons (Fsp3) is 0. The number of hydrogen-bond acceptors (Lipinski definition) is 3. The molecule has 0 aliphatic heterocycles. The lowest BCUT2D eigenvalue weighted by Crippen LogP contribution is -2.10. The molecule has 3 heterocycles. The predicted octanol–water partition coefficient (Wildman–Crippen LogP) is 30.4. The fourth-order valence-electron chi connectivity index (χ4n) is 17.9. The van der Waals surface area contributed by atoms with Crippen LogP contribution in [0.2, 0.25) is 0 Å². The molecule has 0 unspecified atom stereocenters. The number of hydrogen-bond donors (Lipinski definition) is 0. The molecule has 0 fully saturated rings. The van der Waals surface area contributed by atoms with Gasteiger partial charge in [-0.15, -0.1) is 0 Å². The topological polar surface area (TPSA) is 24.5 Å². The van der Waals surface area contributed by atoms with Crippen LogP contribution in [0.1, 0.15) is 0 Å². The van der Waals surface area contributed by atoms with Gasteiger partial charge in [-0.3, -0.25) is 0 Å². The van der Waals surface area contributed by atoms with Crippen LogP contribution in [0, 0.1) is 0 Å². The Balaban J connectivity index is 0.581. The van der Waals surface area contributed by atoms with E-state index in [1.54, 1.807) is 0 Å². The van der Waals surface area contributed by atoms with E-state index in [0.717, 1.165) is 102 Å². The smallest absolute Gasteiger partial charge is 0.0541 e. The standard InChI is InChI=1S/C110H74N6/c1-3-25-85(26-4-1)114-107-37-17-13-33-99(107)101-73-83(53-71-109(101)114)79-49-63-92(64-50-79)112(103-39-19-23-81-21-7-9-29-95(81)103)90-59-45-77(46-60-90)75-41-55-87(56-42-75)111(89-67-69-94(70-68-89)116-105-35-15-11-31-97(105)98-32-12-16-36-106(98)116)88-57-43-76(44-58-88)78-47-61-91(62-48-78)113(104-40-20-24-82-22-8-10-30-96(82)104)93-65-51-80(52-66-93)84-54-72-110-102(74-84)100-34-14-18-38-108(100)115(110)86-27-5-2-6-28-86/h1-74H. The lowest BCUT2D eigenvalue weighted by atomic mass is 10.0. The largest absolute Gasteiger partial charge is 0.311 e. The third kappa shape index (κ3) is 11.7. The van der Waals surface area contributed by atoms with Gasteiger partial charge in [0, 0.05) is 100.0 Å². The minimum atomic E-state index is 1.05. The average Bonchev–Trinajstić information content (AvgIpc) is 1.60. The fourth-order valence-corrected chi connectivity index (χ4v) is 17.9. The van der Waals surface area contributed by atoms with Gasteiger partial charge in [-0.05, 0) is 237 Å². The van der Waals surface area contributed by atoms with Crippen molar-refractivity contribution in [2.24, 2.45) is 0 Å². The van der Waals surface area contributed by atoms with Crippen LogP contribution in [0.15, 0.2) is 449 Å². The summed E-state index contributed by atoms with van der Waals surface area (Å²) >= 11 is 0. The van der Waals surface area contributed by atoms with Crippen LogP contribution in [0.5, 0.6) is 0 Å². The van der Waals surface area contributed by atoms with Crippen LogP contribution in [0.4, 0.5) is 51.2 Å². The van der Waals surface area contributed by atoms with Gasteiger partial charge >= 0.3 is 0 Å². The van der Waals surface area contributed by atoms with Gasteiger partial charge in [-0.1, -0.05) is 267 Å². The number of fused-ring (bicyclic) bond motifs is 11. The molecule has 0 radical (unpaired) electrons. The molecule has 6 nitrogen and oxygen atoms in total. The van der Waals surface area contributed by atoms with Crippen LogP contribution in [-0.4, -0.2) is 13.7 Å². The maximum absolute atomic E-state index is 2.40. The Morgan fingerprint density at radius 2 is 0.362 bits per heavy atom. The van der Waals surface area contributed by atoms with Crippen molar-refractivity contribution in [2.75, 3.05) is 14.7 Å². The van der Waals surface area contributed by atoms with Gasteiger partial charge in [-0.2, -0.15) is 0 Å². The predicted molar refractivity (Wildman–Crippen MR) is 490 cm³/mol. The van der Waals surface area contributed by atoms with E-state index >= 15 is 0 Å². The molecular weight excluding hydrogens is 1410 g/mol. The molecule has 116 heavy (non-hydrogen) atoms. The first-order valence-electron chi connectivity index (χ1n) is 39.8. The van der Waals surface area contributed by atoms with Crippen molar-refractivity contribution in [1.82, 2.24) is 13.7 Å². The molecule has 6 heteroatoms. The summed E-state index contributed by atoms with van der Waals surface area (Å²) in [6, 6.07) is 164. The number of rotatable bonds is 16. The summed E-state index contributed by atoms with van der Waals surface area (Å²) in [6.07, 6.45) is 0. The number of benzene rings is 19.